The van der Waals surface area contributed by atoms with E-state index in [0.717, 1.165) is 5.56 Å². The average Bonchev–Trinajstić information content (AvgIpc) is 3.03. The molecule has 8 heteroatoms. The molecular formula is C17H23N5O3. The molecule has 1 aromatic carbocycles. The number of aromatic nitrogens is 2. The molecule has 134 valence electrons. The Morgan fingerprint density at radius 2 is 1.96 bits per heavy atom. The summed E-state index contributed by atoms with van der Waals surface area (Å²) in [6.45, 7) is 0.300. The number of amides is 2. The van der Waals surface area contributed by atoms with Crippen molar-refractivity contribution >= 4 is 17.5 Å². The van der Waals surface area contributed by atoms with Crippen LogP contribution in [0.3, 0.4) is 0 Å². The minimum atomic E-state index is -0.489. The van der Waals surface area contributed by atoms with E-state index in [-0.39, 0.29) is 11.8 Å². The Labute approximate surface area is 146 Å². The number of benzene rings is 1. The van der Waals surface area contributed by atoms with Crippen molar-refractivity contribution in [2.75, 3.05) is 26.0 Å². The molecule has 0 aliphatic carbocycles. The first-order chi connectivity index (χ1) is 12.0. The summed E-state index contributed by atoms with van der Waals surface area (Å²) in [5.74, 6) is 0.389. The Balaban J connectivity index is 1.91. The van der Waals surface area contributed by atoms with Crippen LogP contribution in [0, 0.1) is 0 Å². The number of carbonyl (C=O) groups is 2. The number of rotatable bonds is 8. The Hall–Kier alpha value is -2.87. The number of nitrogens with one attached hydrogen (secondary N) is 3. The fourth-order valence-electron chi connectivity index (χ4n) is 2.27. The zero-order valence-corrected chi connectivity index (χ0v) is 14.6. The summed E-state index contributed by atoms with van der Waals surface area (Å²) in [7, 11) is 5.11. The highest BCUT2D eigenvalue weighted by Gasteiger charge is 2.20. The van der Waals surface area contributed by atoms with E-state index in [2.05, 4.69) is 21.0 Å². The minimum Gasteiger partial charge on any atom is -0.493 e. The van der Waals surface area contributed by atoms with Crippen LogP contribution in [0.4, 0.5) is 5.69 Å². The third kappa shape index (κ3) is 5.32. The molecule has 0 saturated carbocycles. The summed E-state index contributed by atoms with van der Waals surface area (Å²) in [5, 5.41) is 12.5. The highest BCUT2D eigenvalue weighted by Crippen LogP contribution is 2.18. The predicted molar refractivity (Wildman–Crippen MR) is 94.3 cm³/mol. The van der Waals surface area contributed by atoms with Gasteiger partial charge in [0.05, 0.1) is 19.2 Å². The normalized spacial score (nSPS) is 11.6. The highest BCUT2D eigenvalue weighted by atomic mass is 16.5. The van der Waals surface area contributed by atoms with Gasteiger partial charge in [-0.2, -0.15) is 5.10 Å². The van der Waals surface area contributed by atoms with E-state index in [4.69, 9.17) is 4.74 Å². The number of hydrogen-bond donors (Lipinski definition) is 3. The molecule has 0 aliphatic heterocycles. The molecule has 2 amide bonds. The van der Waals surface area contributed by atoms with Crippen LogP contribution in [0.1, 0.15) is 18.0 Å². The van der Waals surface area contributed by atoms with Crippen molar-refractivity contribution in [3.05, 3.63) is 42.2 Å². The third-order valence-corrected chi connectivity index (χ3v) is 3.61. The molecule has 0 bridgehead atoms. The van der Waals surface area contributed by atoms with E-state index in [1.807, 2.05) is 0 Å². The molecular weight excluding hydrogens is 322 g/mol. The van der Waals surface area contributed by atoms with Gasteiger partial charge in [0.1, 0.15) is 11.8 Å². The number of nitrogens with zero attached hydrogens (tertiary/aromatic N) is 2. The first-order valence-electron chi connectivity index (χ1n) is 7.93. The van der Waals surface area contributed by atoms with Crippen LogP contribution in [-0.4, -0.2) is 42.3 Å². The van der Waals surface area contributed by atoms with Gasteiger partial charge >= 0.3 is 0 Å². The molecule has 1 atom stereocenters. The van der Waals surface area contributed by atoms with Crippen molar-refractivity contribution in [1.82, 2.24) is 20.4 Å². The van der Waals surface area contributed by atoms with Gasteiger partial charge in [-0.25, -0.2) is 0 Å². The summed E-state index contributed by atoms with van der Waals surface area (Å²) in [6, 6.07) is 6.51. The number of aryl methyl sites for hydroxylation is 1. The van der Waals surface area contributed by atoms with Crippen molar-refractivity contribution in [1.29, 1.82) is 0 Å². The van der Waals surface area contributed by atoms with Crippen molar-refractivity contribution in [2.24, 2.45) is 7.05 Å². The predicted octanol–water partition coefficient (Wildman–Crippen LogP) is 0.834. The summed E-state index contributed by atoms with van der Waals surface area (Å²) in [4.78, 5) is 23.6. The molecule has 1 unspecified atom stereocenters. The van der Waals surface area contributed by atoms with Gasteiger partial charge < -0.3 is 20.7 Å². The van der Waals surface area contributed by atoms with Crippen LogP contribution in [-0.2, 0) is 16.6 Å². The third-order valence-electron chi connectivity index (χ3n) is 3.61. The molecule has 8 nitrogen and oxygen atoms in total. The Morgan fingerprint density at radius 3 is 2.52 bits per heavy atom. The van der Waals surface area contributed by atoms with Gasteiger partial charge in [-0.15, -0.1) is 0 Å². The molecule has 3 N–H and O–H groups in total. The van der Waals surface area contributed by atoms with Gasteiger partial charge in [0, 0.05) is 31.5 Å². The van der Waals surface area contributed by atoms with Crippen LogP contribution in [0.2, 0.25) is 0 Å². The minimum absolute atomic E-state index is 0.0719. The summed E-state index contributed by atoms with van der Waals surface area (Å²) in [5.41, 5.74) is 1.45. The number of anilines is 1. The lowest BCUT2D eigenvalue weighted by Gasteiger charge is -2.15. The van der Waals surface area contributed by atoms with E-state index in [0.29, 0.717) is 24.5 Å². The number of carbonyl (C=O) groups excluding carboxylic acids is 2. The van der Waals surface area contributed by atoms with Crippen molar-refractivity contribution < 1.29 is 14.3 Å². The maximum Gasteiger partial charge on any atom is 0.246 e. The molecule has 2 aromatic rings. The SMILES string of the molecule is CNC(=O)CCOc1ccc(NC(=O)C(NC)c2cnn(C)c2)cc1. The van der Waals surface area contributed by atoms with Gasteiger partial charge in [-0.1, -0.05) is 0 Å². The lowest BCUT2D eigenvalue weighted by Crippen LogP contribution is -2.30. The first kappa shape index (κ1) is 18.5. The van der Waals surface area contributed by atoms with Gasteiger partial charge in [-0.3, -0.25) is 14.3 Å². The largest absolute Gasteiger partial charge is 0.493 e. The van der Waals surface area contributed by atoms with E-state index >= 15 is 0 Å². The monoisotopic (exact) mass is 345 g/mol. The van der Waals surface area contributed by atoms with E-state index in [1.165, 1.54) is 0 Å². The summed E-state index contributed by atoms with van der Waals surface area (Å²) >= 11 is 0. The van der Waals surface area contributed by atoms with Crippen molar-refractivity contribution in [2.45, 2.75) is 12.5 Å². The number of ether oxygens (including phenoxy) is 1. The molecule has 0 spiro atoms. The molecule has 2 rings (SSSR count). The van der Waals surface area contributed by atoms with Crippen molar-refractivity contribution in [3.63, 3.8) is 0 Å². The second-order valence-corrected chi connectivity index (χ2v) is 5.45. The van der Waals surface area contributed by atoms with Gasteiger partial charge in [-0.05, 0) is 31.3 Å². The summed E-state index contributed by atoms with van der Waals surface area (Å²) < 4.78 is 7.13. The van der Waals surface area contributed by atoms with Crippen molar-refractivity contribution in [3.8, 4) is 5.75 Å². The zero-order valence-electron chi connectivity index (χ0n) is 14.6. The Bertz CT molecular complexity index is 711. The fraction of sp³-hybridized carbons (Fsp3) is 0.353. The van der Waals surface area contributed by atoms with Gasteiger partial charge in [0.2, 0.25) is 11.8 Å². The topological polar surface area (TPSA) is 97.3 Å². The van der Waals surface area contributed by atoms with E-state index in [9.17, 15) is 9.59 Å². The van der Waals surface area contributed by atoms with E-state index in [1.54, 1.807) is 62.5 Å². The van der Waals surface area contributed by atoms with Crippen LogP contribution in [0.15, 0.2) is 36.7 Å². The number of likely N-dealkylation sites (N-methyl/N-ethyl adjacent to an activating group) is 1. The molecule has 1 aromatic heterocycles. The lowest BCUT2D eigenvalue weighted by molar-refractivity contribution is -0.121. The smallest absolute Gasteiger partial charge is 0.246 e. The molecule has 0 aliphatic rings. The van der Waals surface area contributed by atoms with Gasteiger partial charge in [0.15, 0.2) is 0 Å². The molecule has 0 radical (unpaired) electrons. The average molecular weight is 345 g/mol. The second kappa shape index (κ2) is 8.84. The maximum absolute atomic E-state index is 12.4. The van der Waals surface area contributed by atoms with Crippen LogP contribution in [0.25, 0.3) is 0 Å². The quantitative estimate of drug-likeness (QED) is 0.658. The second-order valence-electron chi connectivity index (χ2n) is 5.45. The lowest BCUT2D eigenvalue weighted by atomic mass is 10.1. The molecule has 1 heterocycles. The molecule has 0 saturated heterocycles. The molecule has 0 fully saturated rings. The van der Waals surface area contributed by atoms with Crippen LogP contribution in [0.5, 0.6) is 5.75 Å². The Morgan fingerprint density at radius 1 is 1.24 bits per heavy atom. The molecule has 25 heavy (non-hydrogen) atoms. The summed E-state index contributed by atoms with van der Waals surface area (Å²) in [6.07, 6.45) is 3.75. The Kier molecular flexibility index (Phi) is 6.53. The highest BCUT2D eigenvalue weighted by molar-refractivity contribution is 5.95. The maximum atomic E-state index is 12.4. The van der Waals surface area contributed by atoms with E-state index < -0.39 is 6.04 Å². The fourth-order valence-corrected chi connectivity index (χ4v) is 2.27. The van der Waals surface area contributed by atoms with Crippen LogP contribution >= 0.6 is 0 Å². The van der Waals surface area contributed by atoms with Crippen LogP contribution < -0.4 is 20.7 Å². The zero-order chi connectivity index (χ0) is 18.2. The first-order valence-corrected chi connectivity index (χ1v) is 7.93. The number of hydrogen-bond acceptors (Lipinski definition) is 5. The van der Waals surface area contributed by atoms with Gasteiger partial charge in [0.25, 0.3) is 0 Å². The standard InChI is InChI=1S/C17H23N5O3/c1-18-15(23)8-9-25-14-6-4-13(5-7-14)21-17(24)16(19-2)12-10-20-22(3)11-12/h4-7,10-11,16,19H,8-9H2,1-3H3,(H,18,23)(H,21,24).